The maximum Gasteiger partial charge on any atom is 0.220 e. The minimum atomic E-state index is -0.251. The zero-order chi connectivity index (χ0) is 15.7. The van der Waals surface area contributed by atoms with E-state index in [1.165, 1.54) is 12.1 Å². The van der Waals surface area contributed by atoms with Crippen LogP contribution in [0.3, 0.4) is 0 Å². The van der Waals surface area contributed by atoms with Crippen molar-refractivity contribution in [3.05, 3.63) is 53.8 Å². The molecule has 0 radical (unpaired) electrons. The van der Waals surface area contributed by atoms with E-state index in [1.54, 1.807) is 24.0 Å². The van der Waals surface area contributed by atoms with E-state index in [4.69, 9.17) is 4.74 Å². The lowest BCUT2D eigenvalue weighted by Gasteiger charge is -2.24. The Hall–Kier alpha value is -2.36. The summed E-state index contributed by atoms with van der Waals surface area (Å²) >= 11 is 0. The molecular formula is C18H18FNO2. The van der Waals surface area contributed by atoms with Gasteiger partial charge in [-0.3, -0.25) is 4.79 Å². The molecule has 3 nitrogen and oxygen atoms in total. The Bertz CT molecular complexity index is 697. The Morgan fingerprint density at radius 2 is 1.86 bits per heavy atom. The number of nitrogens with zero attached hydrogens (tertiary/aromatic N) is 1. The standard InChI is InChI=1S/C18H18FNO2/c1-12-11-22-18-8-5-15(14-3-6-17(19)7-4-14)9-16(18)10-20(12)13(2)21/h3-9,12H,10-11H2,1-2H3/t12-/m0/s1. The monoisotopic (exact) mass is 299 g/mol. The summed E-state index contributed by atoms with van der Waals surface area (Å²) in [6.07, 6.45) is 0. The van der Waals surface area contributed by atoms with E-state index in [0.717, 1.165) is 22.4 Å². The molecular weight excluding hydrogens is 281 g/mol. The highest BCUT2D eigenvalue weighted by Gasteiger charge is 2.23. The van der Waals surface area contributed by atoms with Crippen molar-refractivity contribution < 1.29 is 13.9 Å². The molecule has 4 heteroatoms. The molecule has 2 aromatic rings. The van der Waals surface area contributed by atoms with Gasteiger partial charge in [-0.05, 0) is 42.3 Å². The number of benzene rings is 2. The summed E-state index contributed by atoms with van der Waals surface area (Å²) < 4.78 is 18.8. The first-order chi connectivity index (χ1) is 10.5. The number of hydrogen-bond donors (Lipinski definition) is 0. The molecule has 0 N–H and O–H groups in total. The van der Waals surface area contributed by atoms with E-state index in [0.29, 0.717) is 13.2 Å². The maximum atomic E-state index is 13.0. The average Bonchev–Trinajstić information content (AvgIpc) is 2.67. The lowest BCUT2D eigenvalue weighted by atomic mass is 10.0. The number of rotatable bonds is 1. The van der Waals surface area contributed by atoms with Crippen molar-refractivity contribution in [1.82, 2.24) is 4.90 Å². The Morgan fingerprint density at radius 3 is 2.55 bits per heavy atom. The molecule has 0 spiro atoms. The van der Waals surface area contributed by atoms with E-state index >= 15 is 0 Å². The van der Waals surface area contributed by atoms with Gasteiger partial charge in [0.15, 0.2) is 0 Å². The minimum Gasteiger partial charge on any atom is -0.491 e. The van der Waals surface area contributed by atoms with Crippen LogP contribution in [0.1, 0.15) is 19.4 Å². The van der Waals surface area contributed by atoms with Crippen molar-refractivity contribution in [3.63, 3.8) is 0 Å². The SMILES string of the molecule is CC(=O)N1Cc2cc(-c3ccc(F)cc3)ccc2OC[C@@H]1C. The Balaban J connectivity index is 1.97. The predicted molar refractivity (Wildman–Crippen MR) is 83.0 cm³/mol. The van der Waals surface area contributed by atoms with Crippen molar-refractivity contribution in [2.45, 2.75) is 26.4 Å². The summed E-state index contributed by atoms with van der Waals surface area (Å²) in [6, 6.07) is 12.3. The van der Waals surface area contributed by atoms with Crippen molar-refractivity contribution in [2.75, 3.05) is 6.61 Å². The third-order valence-electron chi connectivity index (χ3n) is 4.00. The summed E-state index contributed by atoms with van der Waals surface area (Å²) in [5, 5.41) is 0. The van der Waals surface area contributed by atoms with E-state index in [1.807, 2.05) is 25.1 Å². The number of amides is 1. The fraction of sp³-hybridized carbons (Fsp3) is 0.278. The highest BCUT2D eigenvalue weighted by molar-refractivity contribution is 5.74. The first-order valence-electron chi connectivity index (χ1n) is 7.33. The fourth-order valence-corrected chi connectivity index (χ4v) is 2.73. The lowest BCUT2D eigenvalue weighted by Crippen LogP contribution is -2.38. The smallest absolute Gasteiger partial charge is 0.220 e. The van der Waals surface area contributed by atoms with E-state index in [2.05, 4.69) is 0 Å². The third kappa shape index (κ3) is 2.82. The van der Waals surface area contributed by atoms with Gasteiger partial charge >= 0.3 is 0 Å². The molecule has 0 aromatic heterocycles. The Morgan fingerprint density at radius 1 is 1.18 bits per heavy atom. The lowest BCUT2D eigenvalue weighted by molar-refractivity contribution is -0.131. The second kappa shape index (κ2) is 5.79. The normalized spacial score (nSPS) is 17.4. The molecule has 0 saturated carbocycles. The number of fused-ring (bicyclic) bond motifs is 1. The second-order valence-corrected chi connectivity index (χ2v) is 5.64. The Labute approximate surface area is 129 Å². The van der Waals surface area contributed by atoms with Gasteiger partial charge in [-0.1, -0.05) is 18.2 Å². The van der Waals surface area contributed by atoms with Gasteiger partial charge in [0.2, 0.25) is 5.91 Å². The topological polar surface area (TPSA) is 29.5 Å². The summed E-state index contributed by atoms with van der Waals surface area (Å²) in [4.78, 5) is 13.6. The first kappa shape index (κ1) is 14.6. The zero-order valence-corrected chi connectivity index (χ0v) is 12.7. The predicted octanol–water partition coefficient (Wildman–Crippen LogP) is 3.62. The molecule has 1 atom stereocenters. The number of carbonyl (C=O) groups is 1. The van der Waals surface area contributed by atoms with E-state index < -0.39 is 0 Å². The van der Waals surface area contributed by atoms with Crippen LogP contribution in [0.25, 0.3) is 11.1 Å². The highest BCUT2D eigenvalue weighted by atomic mass is 19.1. The summed E-state index contributed by atoms with van der Waals surface area (Å²) in [5.41, 5.74) is 2.90. The number of hydrogen-bond acceptors (Lipinski definition) is 2. The molecule has 1 heterocycles. The molecule has 0 unspecified atom stereocenters. The van der Waals surface area contributed by atoms with Crippen LogP contribution < -0.4 is 4.74 Å². The van der Waals surface area contributed by atoms with Gasteiger partial charge in [-0.2, -0.15) is 0 Å². The molecule has 22 heavy (non-hydrogen) atoms. The zero-order valence-electron chi connectivity index (χ0n) is 12.7. The molecule has 1 amide bonds. The first-order valence-corrected chi connectivity index (χ1v) is 7.33. The van der Waals surface area contributed by atoms with Gasteiger partial charge in [0.05, 0.1) is 6.04 Å². The van der Waals surface area contributed by atoms with Gasteiger partial charge in [0.25, 0.3) is 0 Å². The second-order valence-electron chi connectivity index (χ2n) is 5.64. The van der Waals surface area contributed by atoms with Crippen LogP contribution in [0.2, 0.25) is 0 Å². The molecule has 0 aliphatic carbocycles. The quantitative estimate of drug-likeness (QED) is 0.805. The van der Waals surface area contributed by atoms with Crippen LogP contribution in [0.4, 0.5) is 4.39 Å². The fourth-order valence-electron chi connectivity index (χ4n) is 2.73. The Kier molecular flexibility index (Phi) is 3.84. The molecule has 3 rings (SSSR count). The van der Waals surface area contributed by atoms with Crippen LogP contribution in [-0.2, 0) is 11.3 Å². The summed E-state index contributed by atoms with van der Waals surface area (Å²) in [7, 11) is 0. The molecule has 1 aliphatic heterocycles. The van der Waals surface area contributed by atoms with Crippen LogP contribution >= 0.6 is 0 Å². The minimum absolute atomic E-state index is 0.0381. The van der Waals surface area contributed by atoms with Crippen molar-refractivity contribution in [3.8, 4) is 16.9 Å². The summed E-state index contributed by atoms with van der Waals surface area (Å²) in [6.45, 7) is 4.57. The molecule has 1 aliphatic rings. The molecule has 0 fully saturated rings. The molecule has 0 saturated heterocycles. The van der Waals surface area contributed by atoms with Gasteiger partial charge < -0.3 is 9.64 Å². The van der Waals surface area contributed by atoms with E-state index in [-0.39, 0.29) is 17.8 Å². The van der Waals surface area contributed by atoms with Crippen LogP contribution in [-0.4, -0.2) is 23.5 Å². The number of halogens is 1. The van der Waals surface area contributed by atoms with Crippen molar-refractivity contribution >= 4 is 5.91 Å². The third-order valence-corrected chi connectivity index (χ3v) is 4.00. The van der Waals surface area contributed by atoms with Crippen LogP contribution in [0.5, 0.6) is 5.75 Å². The van der Waals surface area contributed by atoms with Crippen molar-refractivity contribution in [2.24, 2.45) is 0 Å². The number of carbonyl (C=O) groups excluding carboxylic acids is 1. The molecule has 2 aromatic carbocycles. The number of ether oxygens (including phenoxy) is 1. The van der Waals surface area contributed by atoms with E-state index in [9.17, 15) is 9.18 Å². The maximum absolute atomic E-state index is 13.0. The van der Waals surface area contributed by atoms with Gasteiger partial charge in [0, 0.05) is 19.0 Å². The van der Waals surface area contributed by atoms with Gasteiger partial charge in [0.1, 0.15) is 18.2 Å². The summed E-state index contributed by atoms with van der Waals surface area (Å²) in [5.74, 6) is 0.594. The molecule has 0 bridgehead atoms. The van der Waals surface area contributed by atoms with Gasteiger partial charge in [-0.25, -0.2) is 4.39 Å². The van der Waals surface area contributed by atoms with Gasteiger partial charge in [-0.15, -0.1) is 0 Å². The van der Waals surface area contributed by atoms with Crippen LogP contribution in [0, 0.1) is 5.82 Å². The largest absolute Gasteiger partial charge is 0.491 e. The molecule has 114 valence electrons. The average molecular weight is 299 g/mol. The van der Waals surface area contributed by atoms with Crippen LogP contribution in [0.15, 0.2) is 42.5 Å². The highest BCUT2D eigenvalue weighted by Crippen LogP contribution is 2.30. The van der Waals surface area contributed by atoms with Crippen molar-refractivity contribution in [1.29, 1.82) is 0 Å².